The van der Waals surface area contributed by atoms with Crippen molar-refractivity contribution in [2.75, 3.05) is 18.4 Å². The van der Waals surface area contributed by atoms with E-state index in [-0.39, 0.29) is 11.6 Å². The van der Waals surface area contributed by atoms with Crippen LogP contribution in [0.5, 0.6) is 0 Å². The van der Waals surface area contributed by atoms with Gasteiger partial charge >= 0.3 is 0 Å². The van der Waals surface area contributed by atoms with Crippen LogP contribution in [0.25, 0.3) is 0 Å². The molecule has 0 aromatic heterocycles. The van der Waals surface area contributed by atoms with E-state index in [0.29, 0.717) is 12.3 Å². The lowest BCUT2D eigenvalue weighted by atomic mass is 9.93. The minimum atomic E-state index is -1.53. The van der Waals surface area contributed by atoms with Crippen molar-refractivity contribution in [2.24, 2.45) is 5.92 Å². The Balaban J connectivity index is 1.84. The Kier molecular flexibility index (Phi) is 5.00. The van der Waals surface area contributed by atoms with E-state index in [4.69, 9.17) is 0 Å². The third-order valence-corrected chi connectivity index (χ3v) is 3.51. The smallest absolute Gasteiger partial charge is 0.224 e. The summed E-state index contributed by atoms with van der Waals surface area (Å²) in [5, 5.41) is 5.63. The van der Waals surface area contributed by atoms with Crippen molar-refractivity contribution in [2.45, 2.75) is 25.7 Å². The molecule has 2 N–H and O–H groups in total. The number of halogens is 3. The molecule has 0 spiro atoms. The molecule has 6 heteroatoms. The number of hydrogen-bond donors (Lipinski definition) is 2. The van der Waals surface area contributed by atoms with Gasteiger partial charge in [0.15, 0.2) is 17.5 Å². The number of carbonyl (C=O) groups is 1. The van der Waals surface area contributed by atoms with Crippen LogP contribution in [0.3, 0.4) is 0 Å². The molecule has 0 radical (unpaired) electrons. The molecule has 1 saturated heterocycles. The van der Waals surface area contributed by atoms with E-state index in [1.807, 2.05) is 0 Å². The molecule has 0 bridgehead atoms. The van der Waals surface area contributed by atoms with Gasteiger partial charge in [0.1, 0.15) is 0 Å². The van der Waals surface area contributed by atoms with Gasteiger partial charge in [-0.1, -0.05) is 0 Å². The normalized spacial score (nSPS) is 16.1. The second kappa shape index (κ2) is 6.74. The second-order valence-corrected chi connectivity index (χ2v) is 5.03. The van der Waals surface area contributed by atoms with E-state index in [1.54, 1.807) is 0 Å². The van der Waals surface area contributed by atoms with Crippen LogP contribution in [0.15, 0.2) is 12.1 Å². The molecule has 1 aromatic rings. The summed E-state index contributed by atoms with van der Waals surface area (Å²) in [6.07, 6.45) is 3.12. The maximum absolute atomic E-state index is 13.0. The van der Waals surface area contributed by atoms with Gasteiger partial charge in [0, 0.05) is 24.2 Å². The monoisotopic (exact) mass is 286 g/mol. The molecule has 0 aliphatic carbocycles. The Bertz CT molecular complexity index is 464. The highest BCUT2D eigenvalue weighted by Crippen LogP contribution is 2.20. The number of piperidine rings is 1. The van der Waals surface area contributed by atoms with E-state index in [9.17, 15) is 18.0 Å². The SMILES string of the molecule is O=C(CCC1CCNCC1)Nc1cc(F)c(F)c(F)c1. The predicted octanol–water partition coefficient (Wildman–Crippen LogP) is 2.82. The minimum Gasteiger partial charge on any atom is -0.326 e. The average Bonchev–Trinajstić information content (AvgIpc) is 2.43. The Hall–Kier alpha value is -1.56. The molecule has 1 aliphatic heterocycles. The fourth-order valence-corrected chi connectivity index (χ4v) is 2.36. The first-order chi connectivity index (χ1) is 9.56. The van der Waals surface area contributed by atoms with Crippen LogP contribution in [0.4, 0.5) is 18.9 Å². The molecule has 0 unspecified atom stereocenters. The lowest BCUT2D eigenvalue weighted by Crippen LogP contribution is -2.28. The van der Waals surface area contributed by atoms with E-state index >= 15 is 0 Å². The molecule has 1 amide bonds. The quantitative estimate of drug-likeness (QED) is 0.836. The van der Waals surface area contributed by atoms with Gasteiger partial charge in [-0.2, -0.15) is 0 Å². The fraction of sp³-hybridized carbons (Fsp3) is 0.500. The number of benzene rings is 1. The van der Waals surface area contributed by atoms with Crippen LogP contribution >= 0.6 is 0 Å². The molecule has 20 heavy (non-hydrogen) atoms. The molecule has 0 atom stereocenters. The minimum absolute atomic E-state index is 0.0586. The second-order valence-electron chi connectivity index (χ2n) is 5.03. The first-order valence-electron chi connectivity index (χ1n) is 6.71. The summed E-state index contributed by atoms with van der Waals surface area (Å²) in [7, 11) is 0. The zero-order chi connectivity index (χ0) is 14.5. The van der Waals surface area contributed by atoms with E-state index in [1.165, 1.54) is 0 Å². The van der Waals surface area contributed by atoms with Gasteiger partial charge in [-0.15, -0.1) is 0 Å². The van der Waals surface area contributed by atoms with E-state index in [2.05, 4.69) is 10.6 Å². The summed E-state index contributed by atoms with van der Waals surface area (Å²) >= 11 is 0. The summed E-state index contributed by atoms with van der Waals surface area (Å²) in [5.74, 6) is -3.95. The lowest BCUT2D eigenvalue weighted by Gasteiger charge is -2.22. The van der Waals surface area contributed by atoms with Gasteiger partial charge in [0.2, 0.25) is 5.91 Å². The number of hydrogen-bond acceptors (Lipinski definition) is 2. The van der Waals surface area contributed by atoms with Gasteiger partial charge < -0.3 is 10.6 Å². The van der Waals surface area contributed by atoms with Crippen molar-refractivity contribution in [1.29, 1.82) is 0 Å². The molecule has 1 heterocycles. The van der Waals surface area contributed by atoms with Crippen molar-refractivity contribution < 1.29 is 18.0 Å². The van der Waals surface area contributed by atoms with Crippen molar-refractivity contribution >= 4 is 11.6 Å². The van der Waals surface area contributed by atoms with Crippen LogP contribution in [-0.2, 0) is 4.79 Å². The van der Waals surface area contributed by atoms with Crippen LogP contribution in [0.1, 0.15) is 25.7 Å². The number of rotatable bonds is 4. The maximum atomic E-state index is 13.0. The summed E-state index contributed by atoms with van der Waals surface area (Å²) < 4.78 is 38.8. The molecule has 3 nitrogen and oxygen atoms in total. The highest BCUT2D eigenvalue weighted by molar-refractivity contribution is 5.90. The van der Waals surface area contributed by atoms with Gasteiger partial charge in [0.25, 0.3) is 0 Å². The standard InChI is InChI=1S/C14H17F3N2O/c15-11-7-10(8-12(16)14(11)17)19-13(20)2-1-9-3-5-18-6-4-9/h7-9,18H,1-6H2,(H,19,20). The number of carbonyl (C=O) groups excluding carboxylic acids is 1. The zero-order valence-electron chi connectivity index (χ0n) is 11.0. The van der Waals surface area contributed by atoms with E-state index in [0.717, 1.165) is 44.5 Å². The molecular weight excluding hydrogens is 269 g/mol. The van der Waals surface area contributed by atoms with Crippen molar-refractivity contribution in [3.8, 4) is 0 Å². The third-order valence-electron chi connectivity index (χ3n) is 3.51. The van der Waals surface area contributed by atoms with E-state index < -0.39 is 17.5 Å². The Morgan fingerprint density at radius 1 is 1.20 bits per heavy atom. The van der Waals surface area contributed by atoms with Gasteiger partial charge in [-0.3, -0.25) is 4.79 Å². The highest BCUT2D eigenvalue weighted by atomic mass is 19.2. The summed E-state index contributed by atoms with van der Waals surface area (Å²) in [6, 6.07) is 1.56. The average molecular weight is 286 g/mol. The maximum Gasteiger partial charge on any atom is 0.224 e. The largest absolute Gasteiger partial charge is 0.326 e. The summed E-state index contributed by atoms with van der Waals surface area (Å²) in [4.78, 5) is 11.7. The van der Waals surface area contributed by atoms with Gasteiger partial charge in [0.05, 0.1) is 0 Å². The van der Waals surface area contributed by atoms with Crippen LogP contribution in [0.2, 0.25) is 0 Å². The Morgan fingerprint density at radius 2 is 1.80 bits per heavy atom. The molecule has 0 saturated carbocycles. The topological polar surface area (TPSA) is 41.1 Å². The fourth-order valence-electron chi connectivity index (χ4n) is 2.36. The predicted molar refractivity (Wildman–Crippen MR) is 69.8 cm³/mol. The lowest BCUT2D eigenvalue weighted by molar-refractivity contribution is -0.116. The van der Waals surface area contributed by atoms with Crippen molar-refractivity contribution in [3.63, 3.8) is 0 Å². The Labute approximate surface area is 115 Å². The molecular formula is C14H17F3N2O. The number of amides is 1. The van der Waals surface area contributed by atoms with Crippen molar-refractivity contribution in [1.82, 2.24) is 5.32 Å². The van der Waals surface area contributed by atoms with Crippen LogP contribution < -0.4 is 10.6 Å². The van der Waals surface area contributed by atoms with Crippen LogP contribution in [-0.4, -0.2) is 19.0 Å². The molecule has 1 aromatic carbocycles. The molecule has 1 aliphatic rings. The molecule has 1 fully saturated rings. The zero-order valence-corrected chi connectivity index (χ0v) is 11.0. The Morgan fingerprint density at radius 3 is 2.40 bits per heavy atom. The number of anilines is 1. The summed E-state index contributed by atoms with van der Waals surface area (Å²) in [5.41, 5.74) is -0.0586. The highest BCUT2D eigenvalue weighted by Gasteiger charge is 2.16. The molecule has 2 rings (SSSR count). The van der Waals surface area contributed by atoms with Crippen LogP contribution in [0, 0.1) is 23.4 Å². The molecule has 110 valence electrons. The first-order valence-corrected chi connectivity index (χ1v) is 6.71. The van der Waals surface area contributed by atoms with Crippen molar-refractivity contribution in [3.05, 3.63) is 29.6 Å². The first kappa shape index (κ1) is 14.8. The summed E-state index contributed by atoms with van der Waals surface area (Å²) in [6.45, 7) is 1.92. The third kappa shape index (κ3) is 3.96. The van der Waals surface area contributed by atoms with Gasteiger partial charge in [-0.05, 0) is 38.3 Å². The number of nitrogens with one attached hydrogen (secondary N) is 2. The van der Waals surface area contributed by atoms with Gasteiger partial charge in [-0.25, -0.2) is 13.2 Å².